The SMILES string of the molecule is COc1ccc(Br)c(C(=O)N2CC[C@H](n3cc(-c4ccccc4)nn3)C2)c1. The summed E-state index contributed by atoms with van der Waals surface area (Å²) >= 11 is 3.47. The van der Waals surface area contributed by atoms with Crippen LogP contribution in [0.1, 0.15) is 22.8 Å². The molecule has 3 aromatic rings. The van der Waals surface area contributed by atoms with E-state index in [1.807, 2.05) is 58.2 Å². The number of amides is 1. The molecule has 2 aromatic carbocycles. The second kappa shape index (κ2) is 7.52. The predicted molar refractivity (Wildman–Crippen MR) is 106 cm³/mol. The molecule has 0 saturated carbocycles. The number of carbonyl (C=O) groups excluding carboxylic acids is 1. The Kier molecular flexibility index (Phi) is 4.94. The maximum atomic E-state index is 12.9. The highest BCUT2D eigenvalue weighted by atomic mass is 79.9. The van der Waals surface area contributed by atoms with Crippen molar-refractivity contribution in [1.82, 2.24) is 19.9 Å². The Morgan fingerprint density at radius 1 is 1.22 bits per heavy atom. The number of rotatable bonds is 4. The number of halogens is 1. The molecule has 0 spiro atoms. The number of hydrogen-bond acceptors (Lipinski definition) is 4. The Bertz CT molecular complexity index is 958. The molecular formula is C20H19BrN4O2. The molecule has 1 aromatic heterocycles. The summed E-state index contributed by atoms with van der Waals surface area (Å²) in [4.78, 5) is 14.8. The van der Waals surface area contributed by atoms with Gasteiger partial charge in [0, 0.05) is 23.1 Å². The minimum atomic E-state index is -0.00771. The molecule has 1 amide bonds. The van der Waals surface area contributed by atoms with E-state index in [2.05, 4.69) is 26.2 Å². The lowest BCUT2D eigenvalue weighted by atomic mass is 10.2. The van der Waals surface area contributed by atoms with Crippen molar-refractivity contribution in [2.75, 3.05) is 20.2 Å². The van der Waals surface area contributed by atoms with Gasteiger partial charge in [-0.1, -0.05) is 35.5 Å². The number of aromatic nitrogens is 3. The first-order valence-electron chi connectivity index (χ1n) is 8.76. The van der Waals surface area contributed by atoms with Gasteiger partial charge in [-0.25, -0.2) is 4.68 Å². The van der Waals surface area contributed by atoms with Crippen LogP contribution in [0.25, 0.3) is 11.3 Å². The van der Waals surface area contributed by atoms with E-state index in [1.165, 1.54) is 0 Å². The minimum Gasteiger partial charge on any atom is -0.497 e. The maximum Gasteiger partial charge on any atom is 0.255 e. The fraction of sp³-hybridized carbons (Fsp3) is 0.250. The van der Waals surface area contributed by atoms with Gasteiger partial charge in [0.1, 0.15) is 11.4 Å². The molecule has 6 nitrogen and oxygen atoms in total. The molecule has 1 atom stereocenters. The van der Waals surface area contributed by atoms with Crippen molar-refractivity contribution in [3.63, 3.8) is 0 Å². The molecule has 0 bridgehead atoms. The van der Waals surface area contributed by atoms with E-state index in [1.54, 1.807) is 13.2 Å². The fourth-order valence-electron chi connectivity index (χ4n) is 3.30. The van der Waals surface area contributed by atoms with Gasteiger partial charge in [0.15, 0.2) is 0 Å². The highest BCUT2D eigenvalue weighted by Crippen LogP contribution is 2.28. The number of methoxy groups -OCH3 is 1. The van der Waals surface area contributed by atoms with E-state index >= 15 is 0 Å². The molecule has 0 unspecified atom stereocenters. The van der Waals surface area contributed by atoms with Gasteiger partial charge in [0.25, 0.3) is 5.91 Å². The average molecular weight is 427 g/mol. The first kappa shape index (κ1) is 17.7. The fourth-order valence-corrected chi connectivity index (χ4v) is 3.72. The summed E-state index contributed by atoms with van der Waals surface area (Å²) < 4.78 is 7.88. The summed E-state index contributed by atoms with van der Waals surface area (Å²) in [6.45, 7) is 1.30. The van der Waals surface area contributed by atoms with Gasteiger partial charge in [-0.3, -0.25) is 4.79 Å². The number of carbonyl (C=O) groups is 1. The Morgan fingerprint density at radius 3 is 2.81 bits per heavy atom. The van der Waals surface area contributed by atoms with Gasteiger partial charge in [-0.15, -0.1) is 5.10 Å². The second-order valence-corrected chi connectivity index (χ2v) is 7.34. The van der Waals surface area contributed by atoms with E-state index < -0.39 is 0 Å². The lowest BCUT2D eigenvalue weighted by Gasteiger charge is -2.18. The van der Waals surface area contributed by atoms with Crippen LogP contribution in [0, 0.1) is 0 Å². The zero-order valence-corrected chi connectivity index (χ0v) is 16.5. The molecule has 1 aliphatic heterocycles. The molecule has 4 rings (SSSR count). The standard InChI is InChI=1S/C20H19BrN4O2/c1-27-16-7-8-18(21)17(11-16)20(26)24-10-9-15(12-24)25-13-19(22-23-25)14-5-3-2-4-6-14/h2-8,11,13,15H,9-10,12H2,1H3/t15-/m0/s1. The van der Waals surface area contributed by atoms with Crippen LogP contribution >= 0.6 is 15.9 Å². The van der Waals surface area contributed by atoms with Gasteiger partial charge in [-0.2, -0.15) is 0 Å². The molecule has 0 radical (unpaired) electrons. The van der Waals surface area contributed by atoms with E-state index in [4.69, 9.17) is 4.74 Å². The summed E-state index contributed by atoms with van der Waals surface area (Å²) in [5.74, 6) is 0.660. The van der Waals surface area contributed by atoms with Crippen LogP contribution in [0.2, 0.25) is 0 Å². The lowest BCUT2D eigenvalue weighted by Crippen LogP contribution is -2.29. The highest BCUT2D eigenvalue weighted by molar-refractivity contribution is 9.10. The number of ether oxygens (including phenoxy) is 1. The average Bonchev–Trinajstić information content (AvgIpc) is 3.38. The van der Waals surface area contributed by atoms with Crippen LogP contribution in [-0.4, -0.2) is 46.0 Å². The zero-order valence-electron chi connectivity index (χ0n) is 14.9. The van der Waals surface area contributed by atoms with Crippen molar-refractivity contribution in [2.45, 2.75) is 12.5 Å². The van der Waals surface area contributed by atoms with Crippen LogP contribution < -0.4 is 4.74 Å². The van der Waals surface area contributed by atoms with Crippen molar-refractivity contribution >= 4 is 21.8 Å². The number of likely N-dealkylation sites (tertiary alicyclic amines) is 1. The summed E-state index contributed by atoms with van der Waals surface area (Å²) in [7, 11) is 1.60. The number of hydrogen-bond donors (Lipinski definition) is 0. The second-order valence-electron chi connectivity index (χ2n) is 6.49. The molecule has 7 heteroatoms. The molecular weight excluding hydrogens is 408 g/mol. The number of benzene rings is 2. The highest BCUT2D eigenvalue weighted by Gasteiger charge is 2.30. The van der Waals surface area contributed by atoms with Gasteiger partial charge < -0.3 is 9.64 Å². The first-order chi connectivity index (χ1) is 13.2. The Morgan fingerprint density at radius 2 is 2.04 bits per heavy atom. The van der Waals surface area contributed by atoms with Crippen molar-refractivity contribution < 1.29 is 9.53 Å². The summed E-state index contributed by atoms with van der Waals surface area (Å²) in [6.07, 6.45) is 2.81. The molecule has 1 saturated heterocycles. The van der Waals surface area contributed by atoms with Gasteiger partial charge in [0.2, 0.25) is 0 Å². The third-order valence-electron chi connectivity index (χ3n) is 4.81. The lowest BCUT2D eigenvalue weighted by molar-refractivity contribution is 0.0785. The van der Waals surface area contributed by atoms with Crippen molar-refractivity contribution in [3.8, 4) is 17.0 Å². The van der Waals surface area contributed by atoms with Crippen LogP contribution in [-0.2, 0) is 0 Å². The van der Waals surface area contributed by atoms with Crippen molar-refractivity contribution in [1.29, 1.82) is 0 Å². The number of nitrogens with zero attached hydrogens (tertiary/aromatic N) is 4. The van der Waals surface area contributed by atoms with E-state index in [-0.39, 0.29) is 11.9 Å². The molecule has 138 valence electrons. The van der Waals surface area contributed by atoms with Gasteiger partial charge >= 0.3 is 0 Å². The molecule has 0 aliphatic carbocycles. The predicted octanol–water partition coefficient (Wildman–Crippen LogP) is 3.80. The summed E-state index contributed by atoms with van der Waals surface area (Å²) in [5, 5.41) is 8.57. The zero-order chi connectivity index (χ0) is 18.8. The summed E-state index contributed by atoms with van der Waals surface area (Å²) in [6, 6.07) is 15.5. The first-order valence-corrected chi connectivity index (χ1v) is 9.55. The third kappa shape index (κ3) is 3.60. The third-order valence-corrected chi connectivity index (χ3v) is 5.50. The van der Waals surface area contributed by atoms with Crippen LogP contribution in [0.15, 0.2) is 59.2 Å². The normalized spacial score (nSPS) is 16.5. The molecule has 27 heavy (non-hydrogen) atoms. The quantitative estimate of drug-likeness (QED) is 0.636. The monoisotopic (exact) mass is 426 g/mol. The van der Waals surface area contributed by atoms with Crippen molar-refractivity contribution in [2.24, 2.45) is 0 Å². The van der Waals surface area contributed by atoms with Gasteiger partial charge in [0.05, 0.1) is 24.9 Å². The Labute approximate surface area is 165 Å². The maximum absolute atomic E-state index is 12.9. The van der Waals surface area contributed by atoms with Crippen LogP contribution in [0.5, 0.6) is 5.75 Å². The largest absolute Gasteiger partial charge is 0.497 e. The molecule has 1 fully saturated rings. The summed E-state index contributed by atoms with van der Waals surface area (Å²) in [5.41, 5.74) is 2.49. The molecule has 2 heterocycles. The van der Waals surface area contributed by atoms with Crippen LogP contribution in [0.3, 0.4) is 0 Å². The molecule has 1 aliphatic rings. The smallest absolute Gasteiger partial charge is 0.255 e. The Hall–Kier alpha value is -2.67. The topological polar surface area (TPSA) is 60.2 Å². The van der Waals surface area contributed by atoms with E-state index in [0.29, 0.717) is 24.4 Å². The van der Waals surface area contributed by atoms with E-state index in [9.17, 15) is 4.79 Å². The molecule has 0 N–H and O–H groups in total. The van der Waals surface area contributed by atoms with Crippen molar-refractivity contribution in [3.05, 3.63) is 64.8 Å². The van der Waals surface area contributed by atoms with Gasteiger partial charge in [-0.05, 0) is 40.5 Å². The van der Waals surface area contributed by atoms with Crippen LogP contribution in [0.4, 0.5) is 0 Å². The Balaban J connectivity index is 1.49. The van der Waals surface area contributed by atoms with E-state index in [0.717, 1.165) is 22.2 Å². The minimum absolute atomic E-state index is 0.00771.